The van der Waals surface area contributed by atoms with Crippen LogP contribution in [0.4, 0.5) is 17.5 Å². The van der Waals surface area contributed by atoms with Crippen molar-refractivity contribution in [2.24, 2.45) is 0 Å². The van der Waals surface area contributed by atoms with E-state index in [0.29, 0.717) is 5.82 Å². The third-order valence-electron chi connectivity index (χ3n) is 2.49. The number of carbonyl (C=O) groups is 1. The molecule has 1 aromatic heterocycles. The number of aliphatic hydroxyl groups excluding tert-OH is 1. The average Bonchev–Trinajstić information content (AvgIpc) is 2.27. The molecule has 0 fully saturated rings. The average molecular weight is 239 g/mol. The molecule has 0 saturated heterocycles. The van der Waals surface area contributed by atoms with E-state index in [4.69, 9.17) is 5.73 Å². The molecule has 0 radical (unpaired) electrons. The molecule has 0 spiro atoms. The summed E-state index contributed by atoms with van der Waals surface area (Å²) in [6.45, 7) is 1.62. The van der Waals surface area contributed by atoms with Crippen LogP contribution in [-0.4, -0.2) is 39.5 Å². The van der Waals surface area contributed by atoms with Crippen LogP contribution < -0.4 is 21.9 Å². The Morgan fingerprint density at radius 3 is 3.00 bits per heavy atom. The van der Waals surface area contributed by atoms with Crippen LogP contribution in [0.3, 0.4) is 0 Å². The lowest BCUT2D eigenvalue weighted by Gasteiger charge is -2.26. The molecular weight excluding hydrogens is 226 g/mol. The fourth-order valence-electron chi connectivity index (χ4n) is 1.64. The summed E-state index contributed by atoms with van der Waals surface area (Å²) in [4.78, 5) is 29.4. The monoisotopic (exact) mass is 239 g/mol. The van der Waals surface area contributed by atoms with Crippen molar-refractivity contribution in [3.05, 3.63) is 10.4 Å². The molecule has 1 unspecified atom stereocenters. The molecule has 1 aromatic rings. The number of nitrogens with one attached hydrogen (secondary N) is 3. The number of nitrogens with two attached hydrogens (primary N) is 1. The second-order valence-corrected chi connectivity index (χ2v) is 3.83. The Labute approximate surface area is 96.2 Å². The van der Waals surface area contributed by atoms with Crippen LogP contribution in [0.25, 0.3) is 0 Å². The lowest BCUT2D eigenvalue weighted by Crippen LogP contribution is -2.45. The van der Waals surface area contributed by atoms with Crippen molar-refractivity contribution in [2.75, 3.05) is 22.9 Å². The second kappa shape index (κ2) is 4.06. The fraction of sp³-hybridized carbons (Fsp3) is 0.444. The number of anilines is 3. The third-order valence-corrected chi connectivity index (χ3v) is 2.49. The quantitative estimate of drug-likeness (QED) is 0.424. The molecule has 8 nitrogen and oxygen atoms in total. The van der Waals surface area contributed by atoms with Crippen molar-refractivity contribution < 1.29 is 9.90 Å². The number of hydrogen-bond acceptors (Lipinski definition) is 7. The molecule has 1 aliphatic heterocycles. The van der Waals surface area contributed by atoms with E-state index in [-0.39, 0.29) is 24.0 Å². The number of nitrogens with zero attached hydrogens (tertiary/aromatic N) is 1. The van der Waals surface area contributed by atoms with Gasteiger partial charge < -0.3 is 21.5 Å². The highest BCUT2D eigenvalue weighted by Crippen LogP contribution is 2.20. The summed E-state index contributed by atoms with van der Waals surface area (Å²) in [5, 5.41) is 14.8. The predicted octanol–water partition coefficient (Wildman–Crippen LogP) is -1.49. The van der Waals surface area contributed by atoms with Gasteiger partial charge in [0.1, 0.15) is 17.8 Å². The Morgan fingerprint density at radius 1 is 1.65 bits per heavy atom. The van der Waals surface area contributed by atoms with Crippen LogP contribution in [0, 0.1) is 0 Å². The second-order valence-electron chi connectivity index (χ2n) is 3.83. The van der Waals surface area contributed by atoms with Gasteiger partial charge in [0.25, 0.3) is 5.56 Å². The number of aliphatic hydroxyl groups is 1. The number of aromatic amines is 1. The Balaban J connectivity index is 2.31. The molecule has 0 saturated carbocycles. The number of fused-ring (bicyclic) bond motifs is 1. The number of ketones is 1. The van der Waals surface area contributed by atoms with E-state index in [1.54, 1.807) is 0 Å². The number of rotatable bonds is 2. The van der Waals surface area contributed by atoms with Gasteiger partial charge >= 0.3 is 0 Å². The molecule has 8 heteroatoms. The SMILES string of the molecule is C[C@H](O)C(=O)C1CNc2nc(N)[nH]c(=O)c2N1. The smallest absolute Gasteiger partial charge is 0.277 e. The van der Waals surface area contributed by atoms with Gasteiger partial charge in [0.05, 0.1) is 0 Å². The molecule has 0 aromatic carbocycles. The van der Waals surface area contributed by atoms with Crippen LogP contribution in [0.5, 0.6) is 0 Å². The maximum atomic E-state index is 11.6. The van der Waals surface area contributed by atoms with Crippen molar-refractivity contribution in [3.63, 3.8) is 0 Å². The lowest BCUT2D eigenvalue weighted by molar-refractivity contribution is -0.126. The summed E-state index contributed by atoms with van der Waals surface area (Å²) < 4.78 is 0. The molecule has 17 heavy (non-hydrogen) atoms. The first-order chi connectivity index (χ1) is 7.99. The van der Waals surface area contributed by atoms with Crippen LogP contribution in [0.1, 0.15) is 6.92 Å². The minimum absolute atomic E-state index is 0.00310. The first kappa shape index (κ1) is 11.4. The van der Waals surface area contributed by atoms with Crippen molar-refractivity contribution in [3.8, 4) is 0 Å². The molecule has 1 aliphatic rings. The normalized spacial score (nSPS) is 19.8. The van der Waals surface area contributed by atoms with Crippen LogP contribution in [0.15, 0.2) is 4.79 Å². The highest BCUT2D eigenvalue weighted by atomic mass is 16.3. The summed E-state index contributed by atoms with van der Waals surface area (Å²) in [6.07, 6.45) is -1.09. The summed E-state index contributed by atoms with van der Waals surface area (Å²) in [6, 6.07) is -0.658. The number of carbonyl (C=O) groups excluding carboxylic acids is 1. The zero-order valence-electron chi connectivity index (χ0n) is 9.15. The molecule has 2 atom stereocenters. The summed E-state index contributed by atoms with van der Waals surface area (Å²) in [5.41, 5.74) is 5.09. The Morgan fingerprint density at radius 2 is 2.35 bits per heavy atom. The molecule has 6 N–H and O–H groups in total. The van der Waals surface area contributed by atoms with E-state index in [9.17, 15) is 14.7 Å². The van der Waals surface area contributed by atoms with E-state index in [1.165, 1.54) is 6.92 Å². The molecule has 0 amide bonds. The largest absolute Gasteiger partial charge is 0.386 e. The van der Waals surface area contributed by atoms with Gasteiger partial charge in [-0.2, -0.15) is 4.98 Å². The van der Waals surface area contributed by atoms with E-state index in [0.717, 1.165) is 0 Å². The topological polar surface area (TPSA) is 133 Å². The van der Waals surface area contributed by atoms with Crippen molar-refractivity contribution in [1.29, 1.82) is 0 Å². The number of H-pyrrole nitrogens is 1. The Kier molecular flexibility index (Phi) is 2.72. The van der Waals surface area contributed by atoms with Crippen LogP contribution in [0.2, 0.25) is 0 Å². The lowest BCUT2D eigenvalue weighted by atomic mass is 10.1. The number of nitrogen functional groups attached to an aromatic ring is 1. The summed E-state index contributed by atoms with van der Waals surface area (Å²) in [5.74, 6) is -0.0800. The van der Waals surface area contributed by atoms with Gasteiger partial charge in [0.15, 0.2) is 11.6 Å². The molecule has 2 rings (SSSR count). The van der Waals surface area contributed by atoms with Crippen LogP contribution >= 0.6 is 0 Å². The summed E-state index contributed by atoms with van der Waals surface area (Å²) in [7, 11) is 0. The molecule has 0 bridgehead atoms. The van der Waals surface area contributed by atoms with E-state index in [2.05, 4.69) is 20.6 Å². The highest BCUT2D eigenvalue weighted by molar-refractivity contribution is 5.92. The number of Topliss-reactive ketones (excluding diaryl/α,β-unsaturated/α-hetero) is 1. The van der Waals surface area contributed by atoms with Crippen molar-refractivity contribution in [1.82, 2.24) is 9.97 Å². The molecular formula is C9H13N5O3. The minimum atomic E-state index is -1.09. The standard InChI is InChI=1S/C9H13N5O3/c1-3(15)6(16)4-2-11-7-5(12-4)8(17)14-9(10)13-7/h3-4,12,15H,2H2,1H3,(H4,10,11,13,14,17)/t3-,4?/m0/s1. The van der Waals surface area contributed by atoms with E-state index < -0.39 is 17.7 Å². The van der Waals surface area contributed by atoms with Gasteiger partial charge in [-0.25, -0.2) is 0 Å². The highest BCUT2D eigenvalue weighted by Gasteiger charge is 2.28. The molecule has 2 heterocycles. The van der Waals surface area contributed by atoms with Gasteiger partial charge in [0.2, 0.25) is 5.95 Å². The fourth-order valence-corrected chi connectivity index (χ4v) is 1.64. The zero-order valence-corrected chi connectivity index (χ0v) is 9.15. The number of hydrogen-bond donors (Lipinski definition) is 5. The predicted molar refractivity (Wildman–Crippen MR) is 61.9 cm³/mol. The van der Waals surface area contributed by atoms with Crippen LogP contribution in [-0.2, 0) is 4.79 Å². The number of aromatic nitrogens is 2. The third kappa shape index (κ3) is 2.07. The van der Waals surface area contributed by atoms with Gasteiger partial charge in [-0.15, -0.1) is 0 Å². The first-order valence-electron chi connectivity index (χ1n) is 5.11. The van der Waals surface area contributed by atoms with Gasteiger partial charge in [-0.05, 0) is 6.92 Å². The minimum Gasteiger partial charge on any atom is -0.386 e. The maximum absolute atomic E-state index is 11.6. The zero-order chi connectivity index (χ0) is 12.6. The Bertz CT molecular complexity index is 510. The van der Waals surface area contributed by atoms with Gasteiger partial charge in [-0.1, -0.05) is 0 Å². The summed E-state index contributed by atoms with van der Waals surface area (Å²) >= 11 is 0. The van der Waals surface area contributed by atoms with Crippen molar-refractivity contribution >= 4 is 23.2 Å². The maximum Gasteiger partial charge on any atom is 0.277 e. The Hall–Kier alpha value is -2.09. The molecule has 0 aliphatic carbocycles. The molecule has 92 valence electrons. The van der Waals surface area contributed by atoms with Gasteiger partial charge in [-0.3, -0.25) is 14.6 Å². The van der Waals surface area contributed by atoms with Gasteiger partial charge in [0, 0.05) is 6.54 Å². The van der Waals surface area contributed by atoms with Crippen molar-refractivity contribution in [2.45, 2.75) is 19.1 Å². The van der Waals surface area contributed by atoms with E-state index >= 15 is 0 Å². The first-order valence-corrected chi connectivity index (χ1v) is 5.11. The van der Waals surface area contributed by atoms with E-state index in [1.807, 2.05) is 0 Å².